The van der Waals surface area contributed by atoms with Crippen LogP contribution in [0.4, 0.5) is 0 Å². The number of nitrogens with zero attached hydrogens (tertiary/aromatic N) is 3. The number of hydrogen-bond donors (Lipinski definition) is 1. The average Bonchev–Trinajstić information content (AvgIpc) is 2.76. The molecule has 0 radical (unpaired) electrons. The Balaban J connectivity index is 1.75. The first-order valence-corrected chi connectivity index (χ1v) is 11.6. The van der Waals surface area contributed by atoms with Crippen molar-refractivity contribution in [2.24, 2.45) is 0 Å². The Morgan fingerprint density at radius 2 is 1.75 bits per heavy atom. The number of sulfonamides is 1. The van der Waals surface area contributed by atoms with Crippen LogP contribution in [0.3, 0.4) is 0 Å². The molecule has 0 saturated carbocycles. The third-order valence-corrected chi connectivity index (χ3v) is 6.43. The van der Waals surface area contributed by atoms with Crippen LogP contribution in [0.15, 0.2) is 64.8 Å². The van der Waals surface area contributed by atoms with Crippen LogP contribution >= 0.6 is 0 Å². The van der Waals surface area contributed by atoms with E-state index in [0.717, 1.165) is 15.3 Å². The van der Waals surface area contributed by atoms with E-state index in [1.807, 2.05) is 32.0 Å². The van der Waals surface area contributed by atoms with E-state index in [-0.39, 0.29) is 24.7 Å². The molecule has 9 heteroatoms. The van der Waals surface area contributed by atoms with E-state index >= 15 is 0 Å². The molecule has 8 nitrogen and oxygen atoms in total. The Morgan fingerprint density at radius 3 is 2.44 bits per heavy atom. The lowest BCUT2D eigenvalue weighted by molar-refractivity contribution is -0.133. The van der Waals surface area contributed by atoms with E-state index in [1.165, 1.54) is 18.0 Å². The number of carbonyl (C=O) groups excluding carboxylic acids is 1. The van der Waals surface area contributed by atoms with Gasteiger partial charge in [-0.25, -0.2) is 13.4 Å². The first-order chi connectivity index (χ1) is 15.2. The second kappa shape index (κ2) is 9.88. The Labute approximate surface area is 187 Å². The van der Waals surface area contributed by atoms with Gasteiger partial charge in [0.15, 0.2) is 0 Å². The van der Waals surface area contributed by atoms with Gasteiger partial charge in [0.1, 0.15) is 5.82 Å². The van der Waals surface area contributed by atoms with Crippen molar-refractivity contribution in [3.8, 4) is 0 Å². The van der Waals surface area contributed by atoms with Gasteiger partial charge in [-0.05, 0) is 37.6 Å². The number of para-hydroxylation sites is 1. The lowest BCUT2D eigenvalue weighted by atomic mass is 10.2. The second-order valence-electron chi connectivity index (χ2n) is 7.66. The number of fused-ring (bicyclic) bond motifs is 1. The van der Waals surface area contributed by atoms with Crippen molar-refractivity contribution in [1.82, 2.24) is 19.2 Å². The molecule has 1 aromatic heterocycles. The molecule has 168 valence electrons. The largest absolute Gasteiger partial charge is 0.332 e. The van der Waals surface area contributed by atoms with Gasteiger partial charge in [-0.1, -0.05) is 42.5 Å². The molecule has 2 aromatic carbocycles. The van der Waals surface area contributed by atoms with E-state index in [9.17, 15) is 18.0 Å². The fourth-order valence-corrected chi connectivity index (χ4v) is 3.96. The van der Waals surface area contributed by atoms with Gasteiger partial charge < -0.3 is 9.88 Å². The molecule has 3 rings (SSSR count). The van der Waals surface area contributed by atoms with Gasteiger partial charge in [0.05, 0.1) is 24.0 Å². The molecular formula is C23H26N4O4S. The van der Waals surface area contributed by atoms with Crippen molar-refractivity contribution in [3.05, 3.63) is 81.7 Å². The number of aromatic nitrogens is 2. The quantitative estimate of drug-likeness (QED) is 0.564. The molecule has 3 aromatic rings. The normalized spacial score (nSPS) is 12.2. The summed E-state index contributed by atoms with van der Waals surface area (Å²) in [4.78, 5) is 33.9. The Kier molecular flexibility index (Phi) is 7.22. The van der Waals surface area contributed by atoms with Crippen molar-refractivity contribution in [1.29, 1.82) is 0 Å². The summed E-state index contributed by atoms with van der Waals surface area (Å²) in [7, 11) is -2.43. The minimum Gasteiger partial charge on any atom is -0.332 e. The summed E-state index contributed by atoms with van der Waals surface area (Å²) in [6.07, 6.45) is 1.49. The van der Waals surface area contributed by atoms with Gasteiger partial charge in [-0.3, -0.25) is 9.59 Å². The van der Waals surface area contributed by atoms with Crippen molar-refractivity contribution in [2.75, 3.05) is 13.6 Å². The third kappa shape index (κ3) is 5.68. The molecule has 0 bridgehead atoms. The van der Waals surface area contributed by atoms with Gasteiger partial charge in [-0.2, -0.15) is 4.31 Å². The van der Waals surface area contributed by atoms with Crippen molar-refractivity contribution in [3.63, 3.8) is 0 Å². The van der Waals surface area contributed by atoms with E-state index in [0.29, 0.717) is 16.7 Å². The molecule has 1 amide bonds. The van der Waals surface area contributed by atoms with Gasteiger partial charge in [0.25, 0.3) is 5.56 Å². The van der Waals surface area contributed by atoms with Crippen molar-refractivity contribution >= 4 is 32.9 Å². The summed E-state index contributed by atoms with van der Waals surface area (Å²) >= 11 is 0. The van der Waals surface area contributed by atoms with Gasteiger partial charge in [0.2, 0.25) is 15.9 Å². The maximum Gasteiger partial charge on any atom is 0.258 e. The van der Waals surface area contributed by atoms with Crippen LogP contribution in [-0.2, 0) is 21.4 Å². The fraction of sp³-hybridized carbons (Fsp3) is 0.261. The van der Waals surface area contributed by atoms with Crippen LogP contribution in [0.1, 0.15) is 25.2 Å². The molecule has 0 aliphatic rings. The molecule has 1 heterocycles. The minimum atomic E-state index is -3.79. The number of amides is 1. The standard InChI is InChI=1S/C23H26N4O4S/c1-17(2)27(15-21-24-20-12-8-7-11-19(20)23(29)25-21)22(28)16-26(3)32(30,31)14-13-18-9-5-4-6-10-18/h4-14,17H,15-16H2,1-3H3,(H,24,25,29)/b14-13+. The highest BCUT2D eigenvalue weighted by Crippen LogP contribution is 2.11. The van der Waals surface area contributed by atoms with Crippen LogP contribution in [0.2, 0.25) is 0 Å². The van der Waals surface area contributed by atoms with Crippen LogP contribution in [-0.4, -0.2) is 53.1 Å². The average molecular weight is 455 g/mol. The van der Waals surface area contributed by atoms with E-state index in [4.69, 9.17) is 0 Å². The highest BCUT2D eigenvalue weighted by Gasteiger charge is 2.24. The summed E-state index contributed by atoms with van der Waals surface area (Å²) in [6, 6.07) is 15.8. The van der Waals surface area contributed by atoms with E-state index in [1.54, 1.807) is 36.4 Å². The lowest BCUT2D eigenvalue weighted by Crippen LogP contribution is -2.44. The number of aromatic amines is 1. The lowest BCUT2D eigenvalue weighted by Gasteiger charge is -2.28. The molecule has 0 unspecified atom stereocenters. The molecule has 0 spiro atoms. The summed E-state index contributed by atoms with van der Waals surface area (Å²) in [5.41, 5.74) is 0.992. The van der Waals surface area contributed by atoms with Crippen LogP contribution in [0.25, 0.3) is 17.0 Å². The molecule has 1 N–H and O–H groups in total. The highest BCUT2D eigenvalue weighted by atomic mass is 32.2. The van der Waals surface area contributed by atoms with Gasteiger partial charge >= 0.3 is 0 Å². The van der Waals surface area contributed by atoms with Crippen LogP contribution in [0, 0.1) is 0 Å². The zero-order chi connectivity index (χ0) is 23.3. The van der Waals surface area contributed by atoms with Gasteiger partial charge in [-0.15, -0.1) is 0 Å². The maximum atomic E-state index is 12.9. The van der Waals surface area contributed by atoms with Crippen molar-refractivity contribution in [2.45, 2.75) is 26.4 Å². The Hall–Kier alpha value is -3.30. The Morgan fingerprint density at radius 1 is 1.09 bits per heavy atom. The highest BCUT2D eigenvalue weighted by molar-refractivity contribution is 7.92. The zero-order valence-electron chi connectivity index (χ0n) is 18.2. The molecule has 0 atom stereocenters. The third-order valence-electron chi connectivity index (χ3n) is 4.95. The number of H-pyrrole nitrogens is 1. The molecule has 0 aliphatic heterocycles. The SMILES string of the molecule is CC(C)N(Cc1nc2ccccc2c(=O)[nH]1)C(=O)CN(C)S(=O)(=O)/C=C/c1ccccc1. The molecule has 32 heavy (non-hydrogen) atoms. The molecular weight excluding hydrogens is 428 g/mol. The maximum absolute atomic E-state index is 12.9. The van der Waals surface area contributed by atoms with E-state index < -0.39 is 15.9 Å². The van der Waals surface area contributed by atoms with Gasteiger partial charge in [0, 0.05) is 18.5 Å². The number of rotatable bonds is 8. The number of nitrogens with one attached hydrogen (secondary N) is 1. The summed E-state index contributed by atoms with van der Waals surface area (Å²) in [5, 5.41) is 1.55. The number of hydrogen-bond acceptors (Lipinski definition) is 5. The summed E-state index contributed by atoms with van der Waals surface area (Å²) in [5.74, 6) is -0.0553. The second-order valence-corrected chi connectivity index (χ2v) is 9.59. The molecule has 0 fully saturated rings. The Bertz CT molecular complexity index is 1280. The monoisotopic (exact) mass is 454 g/mol. The fourth-order valence-electron chi connectivity index (χ4n) is 3.13. The molecule has 0 saturated heterocycles. The number of benzene rings is 2. The van der Waals surface area contributed by atoms with Crippen LogP contribution < -0.4 is 5.56 Å². The van der Waals surface area contributed by atoms with E-state index in [2.05, 4.69) is 9.97 Å². The topological polar surface area (TPSA) is 103 Å². The first kappa shape index (κ1) is 23.4. The smallest absolute Gasteiger partial charge is 0.258 e. The number of carbonyl (C=O) groups is 1. The summed E-state index contributed by atoms with van der Waals surface area (Å²) in [6.45, 7) is 3.36. The molecule has 0 aliphatic carbocycles. The summed E-state index contributed by atoms with van der Waals surface area (Å²) < 4.78 is 26.2. The zero-order valence-corrected chi connectivity index (χ0v) is 19.0. The minimum absolute atomic E-state index is 0.0598. The number of likely N-dealkylation sites (N-methyl/N-ethyl adjacent to an activating group) is 1. The van der Waals surface area contributed by atoms with Crippen LogP contribution in [0.5, 0.6) is 0 Å². The first-order valence-electron chi connectivity index (χ1n) is 10.1. The predicted molar refractivity (Wildman–Crippen MR) is 125 cm³/mol. The predicted octanol–water partition coefficient (Wildman–Crippen LogP) is 2.59. The van der Waals surface area contributed by atoms with Crippen molar-refractivity contribution < 1.29 is 13.2 Å².